The highest BCUT2D eigenvalue weighted by Crippen LogP contribution is 2.23. The lowest BCUT2D eigenvalue weighted by Gasteiger charge is -2.17. The van der Waals surface area contributed by atoms with Crippen LogP contribution < -0.4 is 10.1 Å². The summed E-state index contributed by atoms with van der Waals surface area (Å²) in [6, 6.07) is 7.78. The number of nitrogens with zero attached hydrogens (tertiary/aromatic N) is 2. The predicted octanol–water partition coefficient (Wildman–Crippen LogP) is 2.15. The minimum Gasteiger partial charge on any atom is -0.491 e. The van der Waals surface area contributed by atoms with Crippen molar-refractivity contribution in [2.24, 2.45) is 7.05 Å². The Labute approximate surface area is 141 Å². The molecule has 3 rings (SSSR count). The van der Waals surface area contributed by atoms with Gasteiger partial charge in [-0.3, -0.25) is 9.48 Å². The van der Waals surface area contributed by atoms with Crippen LogP contribution in [0.25, 0.3) is 11.1 Å². The number of aryl methyl sites for hydroxylation is 1. The number of aromatic nitrogens is 2. The molecule has 0 bridgehead atoms. The molecule has 1 aliphatic rings. The summed E-state index contributed by atoms with van der Waals surface area (Å²) in [4.78, 5) is 12.0. The summed E-state index contributed by atoms with van der Waals surface area (Å²) in [5.41, 5.74) is 2.10. The van der Waals surface area contributed by atoms with E-state index in [1.165, 1.54) is 0 Å². The van der Waals surface area contributed by atoms with Crippen LogP contribution in [0.3, 0.4) is 0 Å². The van der Waals surface area contributed by atoms with Crippen molar-refractivity contribution >= 4 is 5.91 Å². The van der Waals surface area contributed by atoms with E-state index in [0.717, 1.165) is 29.7 Å². The van der Waals surface area contributed by atoms with E-state index in [1.54, 1.807) is 4.68 Å². The Morgan fingerprint density at radius 2 is 2.38 bits per heavy atom. The van der Waals surface area contributed by atoms with E-state index in [4.69, 9.17) is 9.47 Å². The Hall–Kier alpha value is -2.34. The number of ether oxygens (including phenoxy) is 2. The fraction of sp³-hybridized carbons (Fsp3) is 0.444. The molecule has 0 spiro atoms. The van der Waals surface area contributed by atoms with Gasteiger partial charge in [0.2, 0.25) is 5.91 Å². The van der Waals surface area contributed by atoms with Gasteiger partial charge in [-0.1, -0.05) is 12.1 Å². The molecular formula is C18H23N3O3. The highest BCUT2D eigenvalue weighted by atomic mass is 16.5. The van der Waals surface area contributed by atoms with Crippen molar-refractivity contribution in [3.8, 4) is 16.9 Å². The molecule has 1 amide bonds. The first-order valence-corrected chi connectivity index (χ1v) is 8.25. The SMILES string of the molecule is CC(COc1cccc(-c2cnn(C)c2)c1)NC(=O)C1CCCO1. The second-order valence-electron chi connectivity index (χ2n) is 6.15. The van der Waals surface area contributed by atoms with Crippen molar-refractivity contribution in [1.29, 1.82) is 0 Å². The normalized spacial score (nSPS) is 18.3. The van der Waals surface area contributed by atoms with Crippen molar-refractivity contribution < 1.29 is 14.3 Å². The van der Waals surface area contributed by atoms with Gasteiger partial charge in [0.1, 0.15) is 18.5 Å². The van der Waals surface area contributed by atoms with Crippen LogP contribution >= 0.6 is 0 Å². The molecule has 6 nitrogen and oxygen atoms in total. The molecule has 1 aromatic heterocycles. The number of hydrogen-bond acceptors (Lipinski definition) is 4. The van der Waals surface area contributed by atoms with Gasteiger partial charge in [-0.05, 0) is 37.5 Å². The zero-order chi connectivity index (χ0) is 16.9. The summed E-state index contributed by atoms with van der Waals surface area (Å²) >= 11 is 0. The number of hydrogen-bond donors (Lipinski definition) is 1. The van der Waals surface area contributed by atoms with Crippen molar-refractivity contribution in [3.05, 3.63) is 36.7 Å². The fourth-order valence-electron chi connectivity index (χ4n) is 2.72. The summed E-state index contributed by atoms with van der Waals surface area (Å²) in [6.45, 7) is 3.01. The lowest BCUT2D eigenvalue weighted by Crippen LogP contribution is -2.42. The van der Waals surface area contributed by atoms with Crippen LogP contribution in [0.2, 0.25) is 0 Å². The summed E-state index contributed by atoms with van der Waals surface area (Å²) in [5.74, 6) is 0.724. The number of rotatable bonds is 6. The maximum absolute atomic E-state index is 12.0. The van der Waals surface area contributed by atoms with Crippen LogP contribution in [0.15, 0.2) is 36.7 Å². The second kappa shape index (κ2) is 7.49. The predicted molar refractivity (Wildman–Crippen MR) is 90.7 cm³/mol. The molecule has 2 heterocycles. The van der Waals surface area contributed by atoms with E-state index >= 15 is 0 Å². The Morgan fingerprint density at radius 1 is 1.50 bits per heavy atom. The second-order valence-corrected chi connectivity index (χ2v) is 6.15. The lowest BCUT2D eigenvalue weighted by molar-refractivity contribution is -0.130. The molecule has 6 heteroatoms. The van der Waals surface area contributed by atoms with E-state index in [0.29, 0.717) is 13.2 Å². The van der Waals surface area contributed by atoms with Gasteiger partial charge < -0.3 is 14.8 Å². The molecule has 1 N–H and O–H groups in total. The molecule has 0 aliphatic carbocycles. The number of carbonyl (C=O) groups is 1. The van der Waals surface area contributed by atoms with Gasteiger partial charge in [0.15, 0.2) is 0 Å². The van der Waals surface area contributed by atoms with E-state index in [-0.39, 0.29) is 18.1 Å². The van der Waals surface area contributed by atoms with E-state index in [2.05, 4.69) is 10.4 Å². The molecule has 1 aromatic carbocycles. The fourth-order valence-corrected chi connectivity index (χ4v) is 2.72. The Balaban J connectivity index is 1.53. The molecule has 1 saturated heterocycles. The number of amides is 1. The molecule has 1 aliphatic heterocycles. The molecular weight excluding hydrogens is 306 g/mol. The van der Waals surface area contributed by atoms with Gasteiger partial charge in [0.25, 0.3) is 0 Å². The summed E-state index contributed by atoms with van der Waals surface area (Å²) in [5, 5.41) is 7.12. The highest BCUT2D eigenvalue weighted by Gasteiger charge is 2.24. The van der Waals surface area contributed by atoms with Crippen LogP contribution in [-0.2, 0) is 16.6 Å². The Bertz CT molecular complexity index is 692. The van der Waals surface area contributed by atoms with Crippen LogP contribution in [0.1, 0.15) is 19.8 Å². The summed E-state index contributed by atoms with van der Waals surface area (Å²) in [6.07, 6.45) is 5.23. The van der Waals surface area contributed by atoms with Crippen LogP contribution in [0.4, 0.5) is 0 Å². The van der Waals surface area contributed by atoms with Gasteiger partial charge >= 0.3 is 0 Å². The number of benzene rings is 1. The van der Waals surface area contributed by atoms with Gasteiger partial charge in [-0.15, -0.1) is 0 Å². The molecule has 2 unspecified atom stereocenters. The van der Waals surface area contributed by atoms with Gasteiger partial charge in [0.05, 0.1) is 12.2 Å². The average molecular weight is 329 g/mol. The highest BCUT2D eigenvalue weighted by molar-refractivity contribution is 5.81. The zero-order valence-electron chi connectivity index (χ0n) is 14.1. The average Bonchev–Trinajstić information content (AvgIpc) is 3.25. The smallest absolute Gasteiger partial charge is 0.249 e. The van der Waals surface area contributed by atoms with Gasteiger partial charge in [-0.25, -0.2) is 0 Å². The van der Waals surface area contributed by atoms with E-state index in [1.807, 2.05) is 50.6 Å². The first kappa shape index (κ1) is 16.5. The Kier molecular flexibility index (Phi) is 5.15. The number of carbonyl (C=O) groups excluding carboxylic acids is 1. The van der Waals surface area contributed by atoms with Crippen molar-refractivity contribution in [1.82, 2.24) is 15.1 Å². The topological polar surface area (TPSA) is 65.4 Å². The Morgan fingerprint density at radius 3 is 3.08 bits per heavy atom. The molecule has 2 aromatic rings. The molecule has 0 radical (unpaired) electrons. The zero-order valence-corrected chi connectivity index (χ0v) is 14.1. The number of nitrogens with one attached hydrogen (secondary N) is 1. The maximum atomic E-state index is 12.0. The van der Waals surface area contributed by atoms with Gasteiger partial charge in [-0.2, -0.15) is 5.10 Å². The minimum absolute atomic E-state index is 0.0484. The molecule has 2 atom stereocenters. The van der Waals surface area contributed by atoms with E-state index < -0.39 is 0 Å². The van der Waals surface area contributed by atoms with Crippen molar-refractivity contribution in [2.75, 3.05) is 13.2 Å². The summed E-state index contributed by atoms with van der Waals surface area (Å²) in [7, 11) is 1.89. The molecule has 24 heavy (non-hydrogen) atoms. The van der Waals surface area contributed by atoms with E-state index in [9.17, 15) is 4.79 Å². The van der Waals surface area contributed by atoms with Crippen molar-refractivity contribution in [2.45, 2.75) is 31.9 Å². The van der Waals surface area contributed by atoms with Crippen LogP contribution in [-0.4, -0.2) is 41.0 Å². The third-order valence-corrected chi connectivity index (χ3v) is 3.98. The third kappa shape index (κ3) is 4.14. The van der Waals surface area contributed by atoms with Crippen LogP contribution in [0.5, 0.6) is 5.75 Å². The molecule has 1 fully saturated rings. The monoisotopic (exact) mass is 329 g/mol. The third-order valence-electron chi connectivity index (χ3n) is 3.98. The first-order valence-electron chi connectivity index (χ1n) is 8.25. The van der Waals surface area contributed by atoms with Crippen molar-refractivity contribution in [3.63, 3.8) is 0 Å². The standard InChI is InChI=1S/C18H23N3O3/c1-13(20-18(22)17-7-4-8-23-17)12-24-16-6-3-5-14(9-16)15-10-19-21(2)11-15/h3,5-6,9-11,13,17H,4,7-8,12H2,1-2H3,(H,20,22). The molecule has 0 saturated carbocycles. The lowest BCUT2D eigenvalue weighted by atomic mass is 10.1. The minimum atomic E-state index is -0.304. The first-order chi connectivity index (χ1) is 11.6. The quantitative estimate of drug-likeness (QED) is 0.882. The molecule has 128 valence electrons. The largest absolute Gasteiger partial charge is 0.491 e. The van der Waals surface area contributed by atoms with Gasteiger partial charge in [0, 0.05) is 25.4 Å². The maximum Gasteiger partial charge on any atom is 0.249 e. The van der Waals surface area contributed by atoms with Crippen LogP contribution in [0, 0.1) is 0 Å². The summed E-state index contributed by atoms with van der Waals surface area (Å²) < 4.78 is 13.0.